The maximum atomic E-state index is 12.5. The highest BCUT2D eigenvalue weighted by atomic mass is 16.2. The van der Waals surface area contributed by atoms with E-state index in [-0.39, 0.29) is 5.91 Å². The van der Waals surface area contributed by atoms with Gasteiger partial charge in [-0.15, -0.1) is 0 Å². The van der Waals surface area contributed by atoms with Crippen molar-refractivity contribution in [1.82, 2.24) is 4.90 Å². The fraction of sp³-hybridized carbons (Fsp3) is 0.235. The van der Waals surface area contributed by atoms with E-state index >= 15 is 0 Å². The van der Waals surface area contributed by atoms with Crippen molar-refractivity contribution in [1.29, 1.82) is 0 Å². The monoisotopic (exact) mass is 268 g/mol. The van der Waals surface area contributed by atoms with Gasteiger partial charge in [-0.1, -0.05) is 36.4 Å². The summed E-state index contributed by atoms with van der Waals surface area (Å²) in [4.78, 5) is 14.3. The molecule has 2 aromatic carbocycles. The van der Waals surface area contributed by atoms with Crippen molar-refractivity contribution >= 4 is 11.6 Å². The Kier molecular flexibility index (Phi) is 4.08. The molecule has 104 valence electrons. The lowest BCUT2D eigenvalue weighted by molar-refractivity contribution is 0.0785. The predicted octanol–water partition coefficient (Wildman–Crippen LogP) is 3.16. The average molecular weight is 268 g/mol. The number of nitrogens with zero attached hydrogens (tertiary/aromatic N) is 1. The largest absolute Gasteiger partial charge is 0.398 e. The van der Waals surface area contributed by atoms with Crippen molar-refractivity contribution < 1.29 is 4.79 Å². The number of benzene rings is 2. The molecule has 0 aromatic heterocycles. The third-order valence-corrected chi connectivity index (χ3v) is 3.53. The van der Waals surface area contributed by atoms with E-state index in [9.17, 15) is 4.79 Å². The maximum Gasteiger partial charge on any atom is 0.256 e. The van der Waals surface area contributed by atoms with Crippen LogP contribution in [0.25, 0.3) is 0 Å². The standard InChI is InChI=1S/C17H20N2O/c1-12-7-4-5-9-14(12)11-19(3)17(20)16-13(2)8-6-10-15(16)18/h4-10H,11,18H2,1-3H3. The molecule has 0 saturated heterocycles. The first-order valence-electron chi connectivity index (χ1n) is 6.65. The number of carbonyl (C=O) groups is 1. The van der Waals surface area contributed by atoms with Crippen molar-refractivity contribution in [2.45, 2.75) is 20.4 Å². The number of anilines is 1. The molecule has 0 aliphatic carbocycles. The second-order valence-electron chi connectivity index (χ2n) is 5.13. The number of nitrogen functional groups attached to an aromatic ring is 1. The van der Waals surface area contributed by atoms with Gasteiger partial charge >= 0.3 is 0 Å². The molecule has 0 unspecified atom stereocenters. The van der Waals surface area contributed by atoms with Gasteiger partial charge in [-0.05, 0) is 36.6 Å². The number of carbonyl (C=O) groups excluding carboxylic acids is 1. The second-order valence-corrected chi connectivity index (χ2v) is 5.13. The number of hydrogen-bond acceptors (Lipinski definition) is 2. The molecule has 0 spiro atoms. The van der Waals surface area contributed by atoms with Gasteiger partial charge in [0.15, 0.2) is 0 Å². The second kappa shape index (κ2) is 5.78. The fourth-order valence-electron chi connectivity index (χ4n) is 2.29. The molecule has 0 aliphatic rings. The Morgan fingerprint density at radius 1 is 1.05 bits per heavy atom. The molecule has 0 fully saturated rings. The van der Waals surface area contributed by atoms with E-state index in [0.717, 1.165) is 11.1 Å². The molecule has 20 heavy (non-hydrogen) atoms. The van der Waals surface area contributed by atoms with E-state index in [4.69, 9.17) is 5.73 Å². The van der Waals surface area contributed by atoms with Gasteiger partial charge in [0.25, 0.3) is 5.91 Å². The summed E-state index contributed by atoms with van der Waals surface area (Å²) in [5.74, 6) is -0.0381. The van der Waals surface area contributed by atoms with Gasteiger partial charge in [0, 0.05) is 19.3 Å². The van der Waals surface area contributed by atoms with Crippen molar-refractivity contribution in [2.24, 2.45) is 0 Å². The molecule has 0 bridgehead atoms. The molecule has 0 atom stereocenters. The van der Waals surface area contributed by atoms with E-state index < -0.39 is 0 Å². The molecule has 0 heterocycles. The highest BCUT2D eigenvalue weighted by Gasteiger charge is 2.17. The summed E-state index contributed by atoms with van der Waals surface area (Å²) >= 11 is 0. The minimum absolute atomic E-state index is 0.0381. The number of aryl methyl sites for hydroxylation is 2. The number of rotatable bonds is 3. The molecule has 2 aromatic rings. The van der Waals surface area contributed by atoms with Crippen LogP contribution in [0, 0.1) is 13.8 Å². The van der Waals surface area contributed by atoms with E-state index in [1.54, 1.807) is 18.0 Å². The third kappa shape index (κ3) is 2.82. The smallest absolute Gasteiger partial charge is 0.256 e. The quantitative estimate of drug-likeness (QED) is 0.869. The van der Waals surface area contributed by atoms with Crippen LogP contribution in [0.15, 0.2) is 42.5 Å². The molecule has 0 radical (unpaired) electrons. The summed E-state index contributed by atoms with van der Waals surface area (Å²) in [5.41, 5.74) is 10.3. The molecule has 1 amide bonds. The van der Waals surface area contributed by atoms with Crippen molar-refractivity contribution in [3.63, 3.8) is 0 Å². The topological polar surface area (TPSA) is 46.3 Å². The van der Waals surface area contributed by atoms with Crippen molar-refractivity contribution in [3.8, 4) is 0 Å². The highest BCUT2D eigenvalue weighted by molar-refractivity contribution is 6.00. The molecule has 3 nitrogen and oxygen atoms in total. The minimum atomic E-state index is -0.0381. The van der Waals surface area contributed by atoms with Gasteiger partial charge in [0.05, 0.1) is 5.56 Å². The highest BCUT2D eigenvalue weighted by Crippen LogP contribution is 2.19. The van der Waals surface area contributed by atoms with Crippen LogP contribution in [0.2, 0.25) is 0 Å². The lowest BCUT2D eigenvalue weighted by Gasteiger charge is -2.20. The van der Waals surface area contributed by atoms with Crippen LogP contribution in [-0.4, -0.2) is 17.9 Å². The van der Waals surface area contributed by atoms with Gasteiger partial charge in [-0.3, -0.25) is 4.79 Å². The summed E-state index contributed by atoms with van der Waals surface area (Å²) in [5, 5.41) is 0. The summed E-state index contributed by atoms with van der Waals surface area (Å²) < 4.78 is 0. The number of amides is 1. The van der Waals surface area contributed by atoms with Gasteiger partial charge in [0.1, 0.15) is 0 Å². The van der Waals surface area contributed by atoms with Gasteiger partial charge in [0.2, 0.25) is 0 Å². The Morgan fingerprint density at radius 3 is 2.35 bits per heavy atom. The van der Waals surface area contributed by atoms with Crippen LogP contribution in [0.4, 0.5) is 5.69 Å². The van der Waals surface area contributed by atoms with Crippen LogP contribution in [0.3, 0.4) is 0 Å². The minimum Gasteiger partial charge on any atom is -0.398 e. The zero-order valence-corrected chi connectivity index (χ0v) is 12.2. The summed E-state index contributed by atoms with van der Waals surface area (Å²) in [7, 11) is 1.81. The molecule has 2 N–H and O–H groups in total. The van der Waals surface area contributed by atoms with Crippen LogP contribution < -0.4 is 5.73 Å². The lowest BCUT2D eigenvalue weighted by Crippen LogP contribution is -2.28. The molecule has 3 heteroatoms. The third-order valence-electron chi connectivity index (χ3n) is 3.53. The van der Waals surface area contributed by atoms with Gasteiger partial charge < -0.3 is 10.6 Å². The first-order chi connectivity index (χ1) is 9.50. The van der Waals surface area contributed by atoms with Crippen LogP contribution in [0.5, 0.6) is 0 Å². The number of hydrogen-bond donors (Lipinski definition) is 1. The first-order valence-corrected chi connectivity index (χ1v) is 6.65. The summed E-state index contributed by atoms with van der Waals surface area (Å²) in [6.07, 6.45) is 0. The van der Waals surface area contributed by atoms with Crippen molar-refractivity contribution in [3.05, 3.63) is 64.7 Å². The molecule has 0 saturated carbocycles. The SMILES string of the molecule is Cc1ccccc1CN(C)C(=O)c1c(C)cccc1N. The Balaban J connectivity index is 2.24. The lowest BCUT2D eigenvalue weighted by atomic mass is 10.0. The summed E-state index contributed by atoms with van der Waals surface area (Å²) in [6, 6.07) is 13.6. The zero-order valence-electron chi connectivity index (χ0n) is 12.2. The first kappa shape index (κ1) is 14.1. The fourth-order valence-corrected chi connectivity index (χ4v) is 2.29. The number of nitrogens with two attached hydrogens (primary N) is 1. The normalized spacial score (nSPS) is 10.3. The molecule has 0 aliphatic heterocycles. The average Bonchev–Trinajstić information content (AvgIpc) is 2.41. The Bertz CT molecular complexity index is 614. The van der Waals surface area contributed by atoms with E-state index in [2.05, 4.69) is 13.0 Å². The zero-order chi connectivity index (χ0) is 14.7. The molecule has 2 rings (SSSR count). The van der Waals surface area contributed by atoms with E-state index in [0.29, 0.717) is 17.8 Å². The predicted molar refractivity (Wildman–Crippen MR) is 82.6 cm³/mol. The van der Waals surface area contributed by atoms with E-state index in [1.165, 1.54) is 5.56 Å². The molecular weight excluding hydrogens is 248 g/mol. The van der Waals surface area contributed by atoms with Crippen LogP contribution in [-0.2, 0) is 6.54 Å². The van der Waals surface area contributed by atoms with E-state index in [1.807, 2.05) is 37.3 Å². The van der Waals surface area contributed by atoms with Crippen LogP contribution in [0.1, 0.15) is 27.0 Å². The maximum absolute atomic E-state index is 12.5. The van der Waals surface area contributed by atoms with Crippen molar-refractivity contribution in [2.75, 3.05) is 12.8 Å². The molecular formula is C17H20N2O. The van der Waals surface area contributed by atoms with Gasteiger partial charge in [-0.2, -0.15) is 0 Å². The Hall–Kier alpha value is -2.29. The van der Waals surface area contributed by atoms with Crippen LogP contribution >= 0.6 is 0 Å². The Morgan fingerprint density at radius 2 is 1.70 bits per heavy atom. The summed E-state index contributed by atoms with van der Waals surface area (Å²) in [6.45, 7) is 4.54. The van der Waals surface area contributed by atoms with Gasteiger partial charge in [-0.25, -0.2) is 0 Å². The Labute approximate surface area is 120 Å².